The van der Waals surface area contributed by atoms with Gasteiger partial charge in [-0.25, -0.2) is 18.4 Å². The molecule has 0 amide bonds. The number of sulfone groups is 1. The molecule has 1 atom stereocenters. The predicted molar refractivity (Wildman–Crippen MR) is 129 cm³/mol. The van der Waals surface area contributed by atoms with Crippen molar-refractivity contribution in [3.05, 3.63) is 59.3 Å². The molecule has 0 spiro atoms. The Labute approximate surface area is 195 Å². The summed E-state index contributed by atoms with van der Waals surface area (Å²) in [6.45, 7) is 5.26. The molecular formula is C25H30N4O3S. The zero-order valence-electron chi connectivity index (χ0n) is 19.1. The Kier molecular flexibility index (Phi) is 6.07. The van der Waals surface area contributed by atoms with Crippen LogP contribution in [-0.4, -0.2) is 56.9 Å². The fourth-order valence-electron chi connectivity index (χ4n) is 4.83. The average molecular weight is 467 g/mol. The molecule has 2 aromatic carbocycles. The zero-order valence-corrected chi connectivity index (χ0v) is 19.9. The molecule has 1 saturated heterocycles. The molecule has 33 heavy (non-hydrogen) atoms. The van der Waals surface area contributed by atoms with Gasteiger partial charge in [-0.3, -0.25) is 0 Å². The van der Waals surface area contributed by atoms with Crippen LogP contribution in [0.15, 0.2) is 47.4 Å². The lowest BCUT2D eigenvalue weighted by Crippen LogP contribution is -2.44. The second kappa shape index (κ2) is 9.00. The number of nitrogens with zero attached hydrogens (tertiary/aromatic N) is 3. The van der Waals surface area contributed by atoms with Crippen molar-refractivity contribution in [2.45, 2.75) is 43.2 Å². The van der Waals surface area contributed by atoms with E-state index < -0.39 is 9.84 Å². The maximum atomic E-state index is 12.0. The first-order valence-corrected chi connectivity index (χ1v) is 13.4. The molecule has 0 bridgehead atoms. The highest BCUT2D eigenvalue weighted by atomic mass is 32.2. The normalized spacial score (nSPS) is 19.6. The van der Waals surface area contributed by atoms with Gasteiger partial charge in [0.05, 0.1) is 28.8 Å². The number of fused-ring (bicyclic) bond motifs is 2. The number of rotatable bonds is 5. The van der Waals surface area contributed by atoms with Crippen molar-refractivity contribution in [3.8, 4) is 0 Å². The van der Waals surface area contributed by atoms with Crippen LogP contribution < -0.4 is 10.2 Å². The summed E-state index contributed by atoms with van der Waals surface area (Å²) in [5, 5.41) is 4.59. The summed E-state index contributed by atoms with van der Waals surface area (Å²) in [7, 11) is -3.28. The molecule has 7 nitrogen and oxygen atoms in total. The van der Waals surface area contributed by atoms with E-state index in [0.29, 0.717) is 17.5 Å². The maximum Gasteiger partial charge on any atom is 0.226 e. The van der Waals surface area contributed by atoms with Crippen molar-refractivity contribution < 1.29 is 13.2 Å². The number of benzene rings is 2. The van der Waals surface area contributed by atoms with Gasteiger partial charge in [0, 0.05) is 37.3 Å². The Morgan fingerprint density at radius 2 is 1.91 bits per heavy atom. The quantitative estimate of drug-likeness (QED) is 0.618. The van der Waals surface area contributed by atoms with Crippen LogP contribution in [0.2, 0.25) is 0 Å². The van der Waals surface area contributed by atoms with Crippen molar-refractivity contribution in [1.29, 1.82) is 0 Å². The Balaban J connectivity index is 1.24. The molecule has 0 aliphatic carbocycles. The standard InChI is InChI=1S/C25H30N4O3S/c1-17-21-8-7-20(33(2,30)31)15-23(21)28-25(27-17)29-12-9-19(10-13-29)26-16-24-22-6-4-3-5-18(22)11-14-32-24/h3-8,15,19,24,26H,9-14,16H2,1-2H3/t24-/m1/s1. The third-order valence-corrected chi connectivity index (χ3v) is 7.85. The van der Waals surface area contributed by atoms with E-state index >= 15 is 0 Å². The molecule has 2 aliphatic rings. The van der Waals surface area contributed by atoms with Gasteiger partial charge in [0.1, 0.15) is 0 Å². The first-order chi connectivity index (χ1) is 15.9. The van der Waals surface area contributed by atoms with Crippen molar-refractivity contribution in [2.24, 2.45) is 0 Å². The van der Waals surface area contributed by atoms with Gasteiger partial charge in [0.25, 0.3) is 0 Å². The van der Waals surface area contributed by atoms with Crippen molar-refractivity contribution in [1.82, 2.24) is 15.3 Å². The summed E-state index contributed by atoms with van der Waals surface area (Å²) in [6.07, 6.45) is 4.32. The summed E-state index contributed by atoms with van der Waals surface area (Å²) in [6, 6.07) is 14.1. The lowest BCUT2D eigenvalue weighted by molar-refractivity contribution is 0.0400. The van der Waals surface area contributed by atoms with Crippen LogP contribution in [0.1, 0.15) is 35.8 Å². The van der Waals surface area contributed by atoms with E-state index in [0.717, 1.165) is 56.6 Å². The highest BCUT2D eigenvalue weighted by molar-refractivity contribution is 7.90. The zero-order chi connectivity index (χ0) is 23.0. The first kappa shape index (κ1) is 22.3. The van der Waals surface area contributed by atoms with E-state index in [2.05, 4.69) is 34.5 Å². The Morgan fingerprint density at radius 3 is 2.70 bits per heavy atom. The monoisotopic (exact) mass is 466 g/mol. The molecule has 0 radical (unpaired) electrons. The van der Waals surface area contributed by atoms with Crippen molar-refractivity contribution in [3.63, 3.8) is 0 Å². The highest BCUT2D eigenvalue weighted by Crippen LogP contribution is 2.27. The van der Waals surface area contributed by atoms with E-state index in [9.17, 15) is 8.42 Å². The molecular weight excluding hydrogens is 436 g/mol. The lowest BCUT2D eigenvalue weighted by atomic mass is 9.97. The minimum atomic E-state index is -3.28. The van der Waals surface area contributed by atoms with Crippen LogP contribution in [0, 0.1) is 6.92 Å². The topological polar surface area (TPSA) is 84.4 Å². The summed E-state index contributed by atoms with van der Waals surface area (Å²) >= 11 is 0. The summed E-state index contributed by atoms with van der Waals surface area (Å²) < 4.78 is 30.0. The number of ether oxygens (including phenoxy) is 1. The van der Waals surface area contributed by atoms with Crippen LogP contribution >= 0.6 is 0 Å². The average Bonchev–Trinajstić information content (AvgIpc) is 2.82. The van der Waals surface area contributed by atoms with Gasteiger partial charge in [-0.2, -0.15) is 0 Å². The molecule has 1 fully saturated rings. The first-order valence-electron chi connectivity index (χ1n) is 11.5. The minimum absolute atomic E-state index is 0.114. The molecule has 2 aliphatic heterocycles. The van der Waals surface area contributed by atoms with E-state index in [1.54, 1.807) is 18.2 Å². The number of aromatic nitrogens is 2. The Hall–Kier alpha value is -2.55. The van der Waals surface area contributed by atoms with Gasteiger partial charge in [0.15, 0.2) is 9.84 Å². The number of piperidine rings is 1. The maximum absolute atomic E-state index is 12.0. The summed E-state index contributed by atoms with van der Waals surface area (Å²) in [4.78, 5) is 11.9. The van der Waals surface area contributed by atoms with Gasteiger partial charge >= 0.3 is 0 Å². The van der Waals surface area contributed by atoms with Crippen LogP contribution in [0.5, 0.6) is 0 Å². The number of hydrogen-bond acceptors (Lipinski definition) is 7. The van der Waals surface area contributed by atoms with Gasteiger partial charge < -0.3 is 15.0 Å². The number of hydrogen-bond donors (Lipinski definition) is 1. The summed E-state index contributed by atoms with van der Waals surface area (Å²) in [5.74, 6) is 0.675. The Morgan fingerprint density at radius 1 is 1.12 bits per heavy atom. The van der Waals surface area contributed by atoms with Crippen molar-refractivity contribution >= 4 is 26.7 Å². The van der Waals surface area contributed by atoms with Gasteiger partial charge in [-0.05, 0) is 55.5 Å². The lowest BCUT2D eigenvalue weighted by Gasteiger charge is -2.34. The number of nitrogens with one attached hydrogen (secondary N) is 1. The molecule has 1 N–H and O–H groups in total. The molecule has 3 heterocycles. The molecule has 1 aromatic heterocycles. The van der Waals surface area contributed by atoms with E-state index in [4.69, 9.17) is 14.7 Å². The molecule has 0 saturated carbocycles. The van der Waals surface area contributed by atoms with Gasteiger partial charge in [-0.1, -0.05) is 24.3 Å². The van der Waals surface area contributed by atoms with Crippen LogP contribution in [0.4, 0.5) is 5.95 Å². The Bertz CT molecular complexity index is 1270. The van der Waals surface area contributed by atoms with Crippen LogP contribution in [0.25, 0.3) is 10.9 Å². The van der Waals surface area contributed by atoms with Crippen LogP contribution in [-0.2, 0) is 21.0 Å². The van der Waals surface area contributed by atoms with E-state index in [-0.39, 0.29) is 11.0 Å². The second-order valence-electron chi connectivity index (χ2n) is 9.04. The fraction of sp³-hybridized carbons (Fsp3) is 0.440. The third-order valence-electron chi connectivity index (χ3n) is 6.74. The van der Waals surface area contributed by atoms with Gasteiger partial charge in [0.2, 0.25) is 5.95 Å². The van der Waals surface area contributed by atoms with Crippen molar-refractivity contribution in [2.75, 3.05) is 37.4 Å². The second-order valence-corrected chi connectivity index (χ2v) is 11.1. The fourth-order valence-corrected chi connectivity index (χ4v) is 5.47. The third kappa shape index (κ3) is 4.74. The molecule has 8 heteroatoms. The largest absolute Gasteiger partial charge is 0.372 e. The SMILES string of the molecule is Cc1nc(N2CCC(NC[C@H]3OCCc4ccccc43)CC2)nc2cc(S(C)(=O)=O)ccc12. The van der Waals surface area contributed by atoms with E-state index in [1.807, 2.05) is 6.92 Å². The number of anilines is 1. The molecule has 174 valence electrons. The smallest absolute Gasteiger partial charge is 0.226 e. The number of aryl methyl sites for hydroxylation is 1. The van der Waals surface area contributed by atoms with Crippen LogP contribution in [0.3, 0.4) is 0 Å². The van der Waals surface area contributed by atoms with Gasteiger partial charge in [-0.15, -0.1) is 0 Å². The van der Waals surface area contributed by atoms with E-state index in [1.165, 1.54) is 17.4 Å². The molecule has 3 aromatic rings. The minimum Gasteiger partial charge on any atom is -0.372 e. The highest BCUT2D eigenvalue weighted by Gasteiger charge is 2.25. The molecule has 5 rings (SSSR count). The summed E-state index contributed by atoms with van der Waals surface area (Å²) in [5.41, 5.74) is 4.24. The predicted octanol–water partition coefficient (Wildman–Crippen LogP) is 3.21. The molecule has 0 unspecified atom stereocenters.